The summed E-state index contributed by atoms with van der Waals surface area (Å²) in [5.41, 5.74) is 7.74. The second kappa shape index (κ2) is 5.74. The second-order valence-electron chi connectivity index (χ2n) is 4.84. The summed E-state index contributed by atoms with van der Waals surface area (Å²) in [5.74, 6) is 0. The van der Waals surface area contributed by atoms with Crippen molar-refractivity contribution >= 4 is 27.3 Å². The highest BCUT2D eigenvalue weighted by Crippen LogP contribution is 2.26. The molecule has 1 aromatic carbocycles. The van der Waals surface area contributed by atoms with E-state index in [0.29, 0.717) is 0 Å². The molecule has 0 radical (unpaired) electrons. The summed E-state index contributed by atoms with van der Waals surface area (Å²) in [7, 11) is 3.79. The Kier molecular flexibility index (Phi) is 4.83. The maximum absolute atomic E-state index is 5.99. The highest BCUT2D eigenvalue weighted by molar-refractivity contribution is 9.10. The van der Waals surface area contributed by atoms with Gasteiger partial charge in [0.1, 0.15) is 0 Å². The maximum atomic E-state index is 5.99. The molecule has 17 heavy (non-hydrogen) atoms. The van der Waals surface area contributed by atoms with Crippen molar-refractivity contribution in [2.75, 3.05) is 31.3 Å². The van der Waals surface area contributed by atoms with Crippen LogP contribution in [-0.2, 0) is 4.74 Å². The van der Waals surface area contributed by atoms with E-state index < -0.39 is 0 Å². The van der Waals surface area contributed by atoms with E-state index in [9.17, 15) is 0 Å². The second-order valence-corrected chi connectivity index (χ2v) is 5.75. The summed E-state index contributed by atoms with van der Waals surface area (Å²) in [4.78, 5) is 2.16. The van der Waals surface area contributed by atoms with Crippen LogP contribution in [0.3, 0.4) is 0 Å². The number of hydrogen-bond acceptors (Lipinski definition) is 3. The Morgan fingerprint density at radius 1 is 1.41 bits per heavy atom. The first kappa shape index (κ1) is 14.3. The first-order valence-electron chi connectivity index (χ1n) is 5.67. The van der Waals surface area contributed by atoms with Gasteiger partial charge in [-0.05, 0) is 38.5 Å². The van der Waals surface area contributed by atoms with Crippen LogP contribution in [0.5, 0.6) is 0 Å². The Bertz CT molecular complexity index is 380. The molecule has 0 heterocycles. The minimum atomic E-state index is -0.0988. The topological polar surface area (TPSA) is 38.5 Å². The van der Waals surface area contributed by atoms with Gasteiger partial charge in [0.15, 0.2) is 0 Å². The average molecular weight is 301 g/mol. The van der Waals surface area contributed by atoms with Gasteiger partial charge in [-0.1, -0.05) is 15.9 Å². The van der Waals surface area contributed by atoms with E-state index in [1.807, 2.05) is 25.2 Å². The number of ether oxygens (including phenoxy) is 1. The van der Waals surface area contributed by atoms with Crippen LogP contribution in [-0.4, -0.2) is 26.3 Å². The van der Waals surface area contributed by atoms with Crippen LogP contribution in [0.1, 0.15) is 20.3 Å². The van der Waals surface area contributed by atoms with Gasteiger partial charge < -0.3 is 15.4 Å². The highest BCUT2D eigenvalue weighted by Gasteiger charge is 2.17. The molecule has 96 valence electrons. The zero-order valence-electron chi connectivity index (χ0n) is 11.0. The Morgan fingerprint density at radius 2 is 2.06 bits per heavy atom. The number of halogens is 1. The van der Waals surface area contributed by atoms with E-state index in [2.05, 4.69) is 34.7 Å². The van der Waals surface area contributed by atoms with E-state index in [1.165, 1.54) is 0 Å². The van der Waals surface area contributed by atoms with Crippen LogP contribution in [0, 0.1) is 0 Å². The smallest absolute Gasteiger partial charge is 0.0639 e. The molecule has 0 saturated heterocycles. The standard InChI is InChI=1S/C13H21BrN2O/c1-13(2,17-4)7-8-16(3)12-6-5-10(14)9-11(12)15/h5-6,9H,7-8,15H2,1-4H3. The molecule has 0 atom stereocenters. The van der Waals surface area contributed by atoms with Gasteiger partial charge in [-0.2, -0.15) is 0 Å². The molecule has 0 bridgehead atoms. The summed E-state index contributed by atoms with van der Waals surface area (Å²) in [6, 6.07) is 5.95. The Hall–Kier alpha value is -0.740. The third-order valence-corrected chi connectivity index (χ3v) is 3.50. The molecule has 0 aromatic heterocycles. The number of nitrogens with two attached hydrogens (primary N) is 1. The fourth-order valence-electron chi connectivity index (χ4n) is 1.53. The minimum Gasteiger partial charge on any atom is -0.397 e. The molecule has 0 aliphatic heterocycles. The average Bonchev–Trinajstić information content (AvgIpc) is 2.26. The first-order chi connectivity index (χ1) is 7.85. The number of nitrogens with zero attached hydrogens (tertiary/aromatic N) is 1. The van der Waals surface area contributed by atoms with Crippen molar-refractivity contribution in [3.05, 3.63) is 22.7 Å². The zero-order chi connectivity index (χ0) is 13.1. The number of anilines is 2. The van der Waals surface area contributed by atoms with Crippen molar-refractivity contribution < 1.29 is 4.74 Å². The predicted molar refractivity (Wildman–Crippen MR) is 77.5 cm³/mol. The van der Waals surface area contributed by atoms with Gasteiger partial charge >= 0.3 is 0 Å². The number of hydrogen-bond donors (Lipinski definition) is 1. The van der Waals surface area contributed by atoms with E-state index in [0.717, 1.165) is 28.8 Å². The summed E-state index contributed by atoms with van der Waals surface area (Å²) >= 11 is 3.41. The molecule has 0 aliphatic rings. The van der Waals surface area contributed by atoms with Crippen LogP contribution in [0.15, 0.2) is 22.7 Å². The van der Waals surface area contributed by atoms with Crippen molar-refractivity contribution in [3.63, 3.8) is 0 Å². The zero-order valence-corrected chi connectivity index (χ0v) is 12.5. The van der Waals surface area contributed by atoms with Crippen LogP contribution >= 0.6 is 15.9 Å². The van der Waals surface area contributed by atoms with Crippen LogP contribution in [0.4, 0.5) is 11.4 Å². The van der Waals surface area contributed by atoms with Gasteiger partial charge in [-0.3, -0.25) is 0 Å². The Balaban J connectivity index is 2.67. The van der Waals surface area contributed by atoms with Gasteiger partial charge in [-0.15, -0.1) is 0 Å². The molecule has 0 unspecified atom stereocenters. The molecular formula is C13H21BrN2O. The molecule has 0 amide bonds. The van der Waals surface area contributed by atoms with Crippen LogP contribution in [0.2, 0.25) is 0 Å². The molecule has 3 nitrogen and oxygen atoms in total. The van der Waals surface area contributed by atoms with Crippen molar-refractivity contribution in [2.45, 2.75) is 25.9 Å². The van der Waals surface area contributed by atoms with E-state index >= 15 is 0 Å². The monoisotopic (exact) mass is 300 g/mol. The summed E-state index contributed by atoms with van der Waals surface area (Å²) in [5, 5.41) is 0. The van der Waals surface area contributed by atoms with Crippen molar-refractivity contribution in [1.29, 1.82) is 0 Å². The largest absolute Gasteiger partial charge is 0.397 e. The van der Waals surface area contributed by atoms with Crippen molar-refractivity contribution in [3.8, 4) is 0 Å². The normalized spacial score (nSPS) is 11.6. The van der Waals surface area contributed by atoms with Gasteiger partial charge in [-0.25, -0.2) is 0 Å². The molecule has 0 spiro atoms. The van der Waals surface area contributed by atoms with Gasteiger partial charge in [0, 0.05) is 25.2 Å². The molecule has 0 fully saturated rings. The Morgan fingerprint density at radius 3 is 2.59 bits per heavy atom. The fourth-order valence-corrected chi connectivity index (χ4v) is 1.91. The lowest BCUT2D eigenvalue weighted by atomic mass is 10.0. The van der Waals surface area contributed by atoms with Gasteiger partial charge in [0.25, 0.3) is 0 Å². The number of methoxy groups -OCH3 is 1. The fraction of sp³-hybridized carbons (Fsp3) is 0.538. The highest BCUT2D eigenvalue weighted by atomic mass is 79.9. The van der Waals surface area contributed by atoms with Crippen LogP contribution < -0.4 is 10.6 Å². The van der Waals surface area contributed by atoms with Crippen molar-refractivity contribution in [1.82, 2.24) is 0 Å². The molecule has 0 aliphatic carbocycles. The number of rotatable bonds is 5. The summed E-state index contributed by atoms with van der Waals surface area (Å²) < 4.78 is 6.41. The van der Waals surface area contributed by atoms with Crippen LogP contribution in [0.25, 0.3) is 0 Å². The minimum absolute atomic E-state index is 0.0988. The SMILES string of the molecule is COC(C)(C)CCN(C)c1ccc(Br)cc1N. The predicted octanol–water partition coefficient (Wildman–Crippen LogP) is 3.28. The third-order valence-electron chi connectivity index (χ3n) is 3.00. The molecule has 0 saturated carbocycles. The number of nitrogen functional groups attached to an aromatic ring is 1. The lowest BCUT2D eigenvalue weighted by Crippen LogP contribution is -2.30. The molecule has 1 aromatic rings. The first-order valence-corrected chi connectivity index (χ1v) is 6.46. The molecule has 2 N–H and O–H groups in total. The van der Waals surface area contributed by atoms with E-state index in [4.69, 9.17) is 10.5 Å². The number of benzene rings is 1. The lowest BCUT2D eigenvalue weighted by Gasteiger charge is -2.28. The van der Waals surface area contributed by atoms with Gasteiger partial charge in [0.2, 0.25) is 0 Å². The maximum Gasteiger partial charge on any atom is 0.0639 e. The Labute approximate surface area is 112 Å². The van der Waals surface area contributed by atoms with Crippen molar-refractivity contribution in [2.24, 2.45) is 0 Å². The lowest BCUT2D eigenvalue weighted by molar-refractivity contribution is 0.0174. The quantitative estimate of drug-likeness (QED) is 0.848. The van der Waals surface area contributed by atoms with Gasteiger partial charge in [0.05, 0.1) is 17.0 Å². The van der Waals surface area contributed by atoms with E-state index in [1.54, 1.807) is 7.11 Å². The third kappa shape index (κ3) is 4.21. The molecule has 4 heteroatoms. The van der Waals surface area contributed by atoms with E-state index in [-0.39, 0.29) is 5.60 Å². The molecular weight excluding hydrogens is 280 g/mol. The molecule has 1 rings (SSSR count). The summed E-state index contributed by atoms with van der Waals surface area (Å²) in [6.07, 6.45) is 0.954. The summed E-state index contributed by atoms with van der Waals surface area (Å²) in [6.45, 7) is 5.09.